The molecule has 0 unspecified atom stereocenters. The van der Waals surface area contributed by atoms with E-state index in [4.69, 9.17) is 4.74 Å². The Morgan fingerprint density at radius 2 is 1.85 bits per heavy atom. The van der Waals surface area contributed by atoms with Crippen LogP contribution in [0.1, 0.15) is 34.1 Å². The van der Waals surface area contributed by atoms with Gasteiger partial charge in [-0.3, -0.25) is 0 Å². The summed E-state index contributed by atoms with van der Waals surface area (Å²) in [6.45, 7) is 8.62. The molecule has 0 aromatic heterocycles. The quantitative estimate of drug-likeness (QED) is 0.375. The van der Waals surface area contributed by atoms with Crippen molar-refractivity contribution >= 4 is 7.14 Å². The van der Waals surface area contributed by atoms with Gasteiger partial charge in [-0.15, -0.1) is 0 Å². The average molecular weight is 204 g/mol. The van der Waals surface area contributed by atoms with E-state index in [9.17, 15) is 4.57 Å². The Hall–Kier alpha value is -0.230. The first kappa shape index (κ1) is 12.8. The third-order valence-corrected chi connectivity index (χ3v) is 5.67. The Balaban J connectivity index is 4.28. The Morgan fingerprint density at radius 1 is 1.31 bits per heavy atom. The molecule has 3 heteroatoms. The molecule has 0 aliphatic rings. The molecule has 0 heterocycles. The van der Waals surface area contributed by atoms with Crippen LogP contribution in [0.15, 0.2) is 11.6 Å². The van der Waals surface area contributed by atoms with Gasteiger partial charge in [0, 0.05) is 17.6 Å². The highest BCUT2D eigenvalue weighted by Crippen LogP contribution is 2.52. The lowest BCUT2D eigenvalue weighted by Gasteiger charge is -2.14. The van der Waals surface area contributed by atoms with E-state index >= 15 is 0 Å². The van der Waals surface area contributed by atoms with E-state index in [0.29, 0.717) is 6.61 Å². The summed E-state index contributed by atoms with van der Waals surface area (Å²) in [5.74, 6) is 0. The second kappa shape index (κ2) is 6.26. The molecule has 2 nitrogen and oxygen atoms in total. The van der Waals surface area contributed by atoms with Crippen molar-refractivity contribution in [3.63, 3.8) is 0 Å². The van der Waals surface area contributed by atoms with Crippen molar-refractivity contribution < 1.29 is 9.30 Å². The Labute approximate surface area is 81.7 Å². The van der Waals surface area contributed by atoms with Gasteiger partial charge in [0.2, 0.25) is 0 Å². The van der Waals surface area contributed by atoms with Gasteiger partial charge in [0.25, 0.3) is 0 Å². The number of hydrogen-bond donors (Lipinski definition) is 0. The standard InChI is InChI=1S/C10H21O2P/c1-5-8-12-9-10(4)13(11,6-2)7-3/h9H,5-8H2,1-4H3. The monoisotopic (exact) mass is 204 g/mol. The van der Waals surface area contributed by atoms with Crippen LogP contribution in [0.5, 0.6) is 0 Å². The molecule has 0 aliphatic carbocycles. The lowest BCUT2D eigenvalue weighted by molar-refractivity contribution is 0.248. The lowest BCUT2D eigenvalue weighted by Crippen LogP contribution is -1.93. The van der Waals surface area contributed by atoms with Crippen molar-refractivity contribution in [2.24, 2.45) is 0 Å². The third-order valence-electron chi connectivity index (χ3n) is 2.24. The van der Waals surface area contributed by atoms with Gasteiger partial charge in [0.05, 0.1) is 12.9 Å². The van der Waals surface area contributed by atoms with Crippen molar-refractivity contribution in [2.75, 3.05) is 18.9 Å². The van der Waals surface area contributed by atoms with Crippen molar-refractivity contribution in [3.8, 4) is 0 Å². The van der Waals surface area contributed by atoms with Crippen LogP contribution < -0.4 is 0 Å². The predicted octanol–water partition coefficient (Wildman–Crippen LogP) is 3.68. The first-order chi connectivity index (χ1) is 6.10. The minimum atomic E-state index is -2.08. The van der Waals surface area contributed by atoms with E-state index in [-0.39, 0.29) is 0 Å². The number of allylic oxidation sites excluding steroid dienone is 1. The zero-order valence-corrected chi connectivity index (χ0v) is 10.1. The van der Waals surface area contributed by atoms with Crippen molar-refractivity contribution in [3.05, 3.63) is 11.6 Å². The van der Waals surface area contributed by atoms with Crippen LogP contribution in [0.3, 0.4) is 0 Å². The second-order valence-electron chi connectivity index (χ2n) is 3.15. The summed E-state index contributed by atoms with van der Waals surface area (Å²) in [6.07, 6.45) is 4.15. The average Bonchev–Trinajstić information content (AvgIpc) is 2.17. The molecule has 0 radical (unpaired) electrons. The van der Waals surface area contributed by atoms with Crippen LogP contribution in [0, 0.1) is 0 Å². The Kier molecular flexibility index (Phi) is 6.15. The molecule has 0 amide bonds. The SMILES string of the molecule is CCCOC=C(C)P(=O)(CC)CC. The molecule has 0 aromatic carbocycles. The summed E-state index contributed by atoms with van der Waals surface area (Å²) < 4.78 is 17.4. The van der Waals surface area contributed by atoms with Gasteiger partial charge >= 0.3 is 0 Å². The minimum absolute atomic E-state index is 0.713. The lowest BCUT2D eigenvalue weighted by atomic mass is 10.5. The molecule has 0 spiro atoms. The number of ether oxygens (including phenoxy) is 1. The summed E-state index contributed by atoms with van der Waals surface area (Å²) in [6, 6.07) is 0. The summed E-state index contributed by atoms with van der Waals surface area (Å²) >= 11 is 0. The van der Waals surface area contributed by atoms with Gasteiger partial charge in [-0.05, 0) is 13.3 Å². The fraction of sp³-hybridized carbons (Fsp3) is 0.800. The van der Waals surface area contributed by atoms with Gasteiger partial charge in [-0.1, -0.05) is 20.8 Å². The molecule has 0 N–H and O–H groups in total. The maximum absolute atomic E-state index is 12.1. The summed E-state index contributed by atoms with van der Waals surface area (Å²) in [4.78, 5) is 0. The van der Waals surface area contributed by atoms with Crippen LogP contribution >= 0.6 is 7.14 Å². The van der Waals surface area contributed by atoms with Crippen LogP contribution in [-0.4, -0.2) is 18.9 Å². The highest BCUT2D eigenvalue weighted by Gasteiger charge is 2.19. The predicted molar refractivity (Wildman–Crippen MR) is 58.7 cm³/mol. The highest BCUT2D eigenvalue weighted by atomic mass is 31.2. The van der Waals surface area contributed by atoms with Crippen molar-refractivity contribution in [1.82, 2.24) is 0 Å². The maximum atomic E-state index is 12.1. The van der Waals surface area contributed by atoms with E-state index < -0.39 is 7.14 Å². The number of hydrogen-bond acceptors (Lipinski definition) is 2. The fourth-order valence-corrected chi connectivity index (χ4v) is 2.83. The molecule has 0 aliphatic heterocycles. The fourth-order valence-electron chi connectivity index (χ4n) is 1.12. The molecule has 0 aromatic rings. The molecule has 0 rings (SSSR count). The van der Waals surface area contributed by atoms with Gasteiger partial charge < -0.3 is 9.30 Å². The normalized spacial score (nSPS) is 13.1. The summed E-state index contributed by atoms with van der Waals surface area (Å²) in [5.41, 5.74) is 0. The van der Waals surface area contributed by atoms with Gasteiger partial charge in [0.15, 0.2) is 0 Å². The van der Waals surface area contributed by atoms with E-state index in [1.54, 1.807) is 6.26 Å². The van der Waals surface area contributed by atoms with Gasteiger partial charge in [0.1, 0.15) is 7.14 Å². The molecular weight excluding hydrogens is 183 g/mol. The molecule has 13 heavy (non-hydrogen) atoms. The third kappa shape index (κ3) is 3.99. The van der Waals surface area contributed by atoms with E-state index in [2.05, 4.69) is 6.92 Å². The molecule has 78 valence electrons. The highest BCUT2D eigenvalue weighted by molar-refractivity contribution is 7.68. The smallest absolute Gasteiger partial charge is 0.114 e. The zero-order valence-electron chi connectivity index (χ0n) is 9.17. The van der Waals surface area contributed by atoms with Crippen LogP contribution in [0.4, 0.5) is 0 Å². The summed E-state index contributed by atoms with van der Waals surface area (Å²) in [7, 11) is -2.08. The molecule has 0 fully saturated rings. The Morgan fingerprint density at radius 3 is 2.23 bits per heavy atom. The molecule has 0 atom stereocenters. The van der Waals surface area contributed by atoms with Crippen LogP contribution in [0.25, 0.3) is 0 Å². The molecule has 0 saturated carbocycles. The van der Waals surface area contributed by atoms with E-state index in [1.807, 2.05) is 20.8 Å². The molecule has 0 saturated heterocycles. The topological polar surface area (TPSA) is 26.3 Å². The first-order valence-electron chi connectivity index (χ1n) is 4.97. The zero-order chi connectivity index (χ0) is 10.3. The van der Waals surface area contributed by atoms with Gasteiger partial charge in [-0.25, -0.2) is 0 Å². The Bertz CT molecular complexity index is 201. The van der Waals surface area contributed by atoms with Crippen LogP contribution in [-0.2, 0) is 9.30 Å². The van der Waals surface area contributed by atoms with Crippen LogP contribution in [0.2, 0.25) is 0 Å². The maximum Gasteiger partial charge on any atom is 0.114 e. The largest absolute Gasteiger partial charge is 0.501 e. The first-order valence-corrected chi connectivity index (χ1v) is 7.05. The molecule has 0 bridgehead atoms. The second-order valence-corrected chi connectivity index (χ2v) is 6.90. The van der Waals surface area contributed by atoms with E-state index in [1.165, 1.54) is 0 Å². The van der Waals surface area contributed by atoms with Gasteiger partial charge in [-0.2, -0.15) is 0 Å². The number of rotatable bonds is 6. The molecular formula is C10H21O2P. The van der Waals surface area contributed by atoms with Crippen molar-refractivity contribution in [2.45, 2.75) is 34.1 Å². The summed E-state index contributed by atoms with van der Waals surface area (Å²) in [5, 5.41) is 0.922. The van der Waals surface area contributed by atoms with Crippen molar-refractivity contribution in [1.29, 1.82) is 0 Å². The van der Waals surface area contributed by atoms with E-state index in [0.717, 1.165) is 24.1 Å². The minimum Gasteiger partial charge on any atom is -0.501 e.